The van der Waals surface area contributed by atoms with Crippen molar-refractivity contribution in [1.29, 1.82) is 0 Å². The van der Waals surface area contributed by atoms with Crippen molar-refractivity contribution in [2.75, 3.05) is 0 Å². The number of hydrogen-bond acceptors (Lipinski definition) is 3. The fraction of sp³-hybridized carbons (Fsp3) is 0.273. The SMILES string of the molecule is CC(CC=O)c1cccc2scnc12. The Morgan fingerprint density at radius 1 is 1.57 bits per heavy atom. The van der Waals surface area contributed by atoms with E-state index in [-0.39, 0.29) is 5.92 Å². The fourth-order valence-corrected chi connectivity index (χ4v) is 2.29. The molecule has 2 rings (SSSR count). The van der Waals surface area contributed by atoms with Crippen LogP contribution in [0.3, 0.4) is 0 Å². The summed E-state index contributed by atoms with van der Waals surface area (Å²) < 4.78 is 1.19. The van der Waals surface area contributed by atoms with Gasteiger partial charge in [0, 0.05) is 6.42 Å². The summed E-state index contributed by atoms with van der Waals surface area (Å²) in [5, 5.41) is 0. The Kier molecular flexibility index (Phi) is 2.59. The zero-order valence-electron chi connectivity index (χ0n) is 7.93. The van der Waals surface area contributed by atoms with Crippen LogP contribution in [0.25, 0.3) is 10.2 Å². The zero-order valence-corrected chi connectivity index (χ0v) is 8.75. The maximum absolute atomic E-state index is 10.4. The Morgan fingerprint density at radius 2 is 2.43 bits per heavy atom. The average Bonchev–Trinajstić information content (AvgIpc) is 2.65. The molecule has 0 spiro atoms. The molecule has 0 saturated carbocycles. The molecule has 0 N–H and O–H groups in total. The van der Waals surface area contributed by atoms with Crippen LogP contribution in [0.5, 0.6) is 0 Å². The van der Waals surface area contributed by atoms with Crippen LogP contribution in [-0.2, 0) is 4.79 Å². The predicted octanol–water partition coefficient (Wildman–Crippen LogP) is 2.99. The number of carbonyl (C=O) groups is 1. The smallest absolute Gasteiger partial charge is 0.120 e. The number of aldehydes is 1. The van der Waals surface area contributed by atoms with Crippen molar-refractivity contribution >= 4 is 27.8 Å². The first kappa shape index (κ1) is 9.34. The topological polar surface area (TPSA) is 30.0 Å². The molecule has 0 aliphatic carbocycles. The monoisotopic (exact) mass is 205 g/mol. The highest BCUT2D eigenvalue weighted by Crippen LogP contribution is 2.27. The normalized spacial score (nSPS) is 12.9. The molecule has 1 aromatic heterocycles. The summed E-state index contributed by atoms with van der Waals surface area (Å²) in [5.41, 5.74) is 4.07. The minimum Gasteiger partial charge on any atom is -0.303 e. The number of nitrogens with zero attached hydrogens (tertiary/aromatic N) is 1. The molecule has 2 aromatic rings. The number of aromatic nitrogens is 1. The van der Waals surface area contributed by atoms with E-state index in [9.17, 15) is 4.79 Å². The largest absolute Gasteiger partial charge is 0.303 e. The maximum atomic E-state index is 10.4. The first-order chi connectivity index (χ1) is 6.83. The van der Waals surface area contributed by atoms with Crippen LogP contribution in [0.2, 0.25) is 0 Å². The number of thiazole rings is 1. The second-order valence-corrected chi connectivity index (χ2v) is 4.24. The van der Waals surface area contributed by atoms with Crippen LogP contribution >= 0.6 is 11.3 Å². The summed E-state index contributed by atoms with van der Waals surface area (Å²) >= 11 is 1.64. The first-order valence-corrected chi connectivity index (χ1v) is 5.46. The molecule has 14 heavy (non-hydrogen) atoms. The molecule has 1 unspecified atom stereocenters. The Bertz CT molecular complexity index is 449. The van der Waals surface area contributed by atoms with Gasteiger partial charge in [-0.25, -0.2) is 4.98 Å². The third kappa shape index (κ3) is 1.55. The van der Waals surface area contributed by atoms with Crippen molar-refractivity contribution < 1.29 is 4.79 Å². The Balaban J connectivity index is 2.50. The maximum Gasteiger partial charge on any atom is 0.120 e. The number of benzene rings is 1. The molecule has 0 fully saturated rings. The lowest BCUT2D eigenvalue weighted by Gasteiger charge is -2.08. The van der Waals surface area contributed by atoms with Crippen LogP contribution in [0.1, 0.15) is 24.8 Å². The molecule has 3 heteroatoms. The van der Waals surface area contributed by atoms with Gasteiger partial charge in [-0.1, -0.05) is 19.1 Å². The van der Waals surface area contributed by atoms with Crippen molar-refractivity contribution in [3.63, 3.8) is 0 Å². The quantitative estimate of drug-likeness (QED) is 0.721. The van der Waals surface area contributed by atoms with Crippen molar-refractivity contribution in [2.45, 2.75) is 19.3 Å². The number of fused-ring (bicyclic) bond motifs is 1. The molecule has 1 heterocycles. The van der Waals surface area contributed by atoms with Gasteiger partial charge < -0.3 is 4.79 Å². The second kappa shape index (κ2) is 3.88. The second-order valence-electron chi connectivity index (χ2n) is 3.35. The summed E-state index contributed by atoms with van der Waals surface area (Å²) in [4.78, 5) is 14.8. The van der Waals surface area contributed by atoms with Crippen LogP contribution in [0.4, 0.5) is 0 Å². The lowest BCUT2D eigenvalue weighted by molar-refractivity contribution is -0.108. The van der Waals surface area contributed by atoms with Gasteiger partial charge in [-0.2, -0.15) is 0 Å². The third-order valence-electron chi connectivity index (χ3n) is 2.37. The highest BCUT2D eigenvalue weighted by molar-refractivity contribution is 7.16. The molecule has 0 saturated heterocycles. The van der Waals surface area contributed by atoms with E-state index in [2.05, 4.69) is 24.0 Å². The molecule has 0 aliphatic rings. The molecule has 0 amide bonds. The lowest BCUT2D eigenvalue weighted by atomic mass is 9.97. The van der Waals surface area contributed by atoms with Gasteiger partial charge in [0.1, 0.15) is 6.29 Å². The molecule has 0 radical (unpaired) electrons. The number of hydrogen-bond donors (Lipinski definition) is 0. The van der Waals surface area contributed by atoms with Gasteiger partial charge in [-0.15, -0.1) is 11.3 Å². The first-order valence-electron chi connectivity index (χ1n) is 4.58. The van der Waals surface area contributed by atoms with Crippen LogP contribution in [0, 0.1) is 0 Å². The van der Waals surface area contributed by atoms with Gasteiger partial charge >= 0.3 is 0 Å². The molecular formula is C11H11NOS. The minimum absolute atomic E-state index is 0.262. The lowest BCUT2D eigenvalue weighted by Crippen LogP contribution is -1.95. The Hall–Kier alpha value is -1.22. The van der Waals surface area contributed by atoms with Gasteiger partial charge in [0.05, 0.1) is 15.7 Å². The third-order valence-corrected chi connectivity index (χ3v) is 3.17. The van der Waals surface area contributed by atoms with Crippen molar-refractivity contribution in [3.8, 4) is 0 Å². The van der Waals surface area contributed by atoms with E-state index >= 15 is 0 Å². The molecule has 0 bridgehead atoms. The minimum atomic E-state index is 0.262. The summed E-state index contributed by atoms with van der Waals surface area (Å²) in [6, 6.07) is 6.14. The summed E-state index contributed by atoms with van der Waals surface area (Å²) in [6.07, 6.45) is 1.53. The van der Waals surface area contributed by atoms with Crippen LogP contribution in [0.15, 0.2) is 23.7 Å². The van der Waals surface area contributed by atoms with E-state index < -0.39 is 0 Å². The predicted molar refractivity (Wildman–Crippen MR) is 58.7 cm³/mol. The summed E-state index contributed by atoms with van der Waals surface area (Å²) in [5.74, 6) is 0.262. The van der Waals surface area contributed by atoms with Gasteiger partial charge in [-0.05, 0) is 17.5 Å². The average molecular weight is 205 g/mol. The number of para-hydroxylation sites is 1. The fourth-order valence-electron chi connectivity index (χ4n) is 1.58. The van der Waals surface area contributed by atoms with Crippen molar-refractivity contribution in [1.82, 2.24) is 4.98 Å². The Morgan fingerprint density at radius 3 is 3.21 bits per heavy atom. The number of carbonyl (C=O) groups excluding carboxylic acids is 1. The van der Waals surface area contributed by atoms with Gasteiger partial charge in [0.15, 0.2) is 0 Å². The highest BCUT2D eigenvalue weighted by atomic mass is 32.1. The number of rotatable bonds is 3. The van der Waals surface area contributed by atoms with E-state index in [0.717, 1.165) is 11.8 Å². The van der Waals surface area contributed by atoms with Gasteiger partial charge in [0.25, 0.3) is 0 Å². The van der Waals surface area contributed by atoms with Gasteiger partial charge in [-0.3, -0.25) is 0 Å². The van der Waals surface area contributed by atoms with Crippen molar-refractivity contribution in [3.05, 3.63) is 29.3 Å². The molecule has 1 aromatic carbocycles. The van der Waals surface area contributed by atoms with E-state index in [4.69, 9.17) is 0 Å². The molecule has 72 valence electrons. The van der Waals surface area contributed by atoms with Crippen molar-refractivity contribution in [2.24, 2.45) is 0 Å². The molecule has 1 atom stereocenters. The summed E-state index contributed by atoms with van der Waals surface area (Å²) in [7, 11) is 0. The Labute approximate surface area is 86.6 Å². The van der Waals surface area contributed by atoms with E-state index in [1.54, 1.807) is 11.3 Å². The van der Waals surface area contributed by atoms with Crippen LogP contribution < -0.4 is 0 Å². The zero-order chi connectivity index (χ0) is 9.97. The highest BCUT2D eigenvalue weighted by Gasteiger charge is 2.10. The molecule has 2 nitrogen and oxygen atoms in total. The van der Waals surface area contributed by atoms with E-state index in [0.29, 0.717) is 6.42 Å². The summed E-state index contributed by atoms with van der Waals surface area (Å²) in [6.45, 7) is 2.06. The van der Waals surface area contributed by atoms with E-state index in [1.165, 1.54) is 10.3 Å². The molecular weight excluding hydrogens is 194 g/mol. The van der Waals surface area contributed by atoms with E-state index in [1.807, 2.05) is 11.6 Å². The molecule has 0 aliphatic heterocycles. The van der Waals surface area contributed by atoms with Crippen LogP contribution in [-0.4, -0.2) is 11.3 Å². The standard InChI is InChI=1S/C11H11NOS/c1-8(5-6-13)9-3-2-4-10-11(9)12-7-14-10/h2-4,6-8H,5H2,1H3. The van der Waals surface area contributed by atoms with Gasteiger partial charge in [0.2, 0.25) is 0 Å².